The minimum absolute atomic E-state index is 0.296. The lowest BCUT2D eigenvalue weighted by Gasteiger charge is -2.17. The maximum absolute atomic E-state index is 12.3. The molecule has 2 rings (SSSR count). The molecule has 0 aromatic heterocycles. The molecule has 1 atom stereocenters. The lowest BCUT2D eigenvalue weighted by molar-refractivity contribution is -0.121. The van der Waals surface area contributed by atoms with E-state index in [2.05, 4.69) is 5.32 Å². The van der Waals surface area contributed by atoms with Crippen molar-refractivity contribution in [1.82, 2.24) is 5.32 Å². The number of carbonyl (C=O) groups excluding carboxylic acids is 1. The summed E-state index contributed by atoms with van der Waals surface area (Å²) in [6.07, 6.45) is 0.529. The number of nitrogens with one attached hydrogen (secondary N) is 2. The van der Waals surface area contributed by atoms with Crippen molar-refractivity contribution in [3.8, 4) is 0 Å². The highest BCUT2D eigenvalue weighted by atomic mass is 35.5. The number of amides is 1. The van der Waals surface area contributed by atoms with Crippen LogP contribution < -0.4 is 11.1 Å². The second-order valence-corrected chi connectivity index (χ2v) is 5.63. The van der Waals surface area contributed by atoms with E-state index in [0.717, 1.165) is 11.1 Å². The van der Waals surface area contributed by atoms with Gasteiger partial charge in [-0.3, -0.25) is 15.5 Å². The van der Waals surface area contributed by atoms with Crippen molar-refractivity contribution in [3.05, 3.63) is 70.2 Å². The van der Waals surface area contributed by atoms with Crippen molar-refractivity contribution >= 4 is 23.5 Å². The molecule has 0 spiro atoms. The maximum atomic E-state index is 12.3. The fourth-order valence-corrected chi connectivity index (χ4v) is 2.36. The number of hydrogen-bond donors (Lipinski definition) is 3. The Morgan fingerprint density at radius 1 is 1.18 bits per heavy atom. The summed E-state index contributed by atoms with van der Waals surface area (Å²) in [4.78, 5) is 12.3. The lowest BCUT2D eigenvalue weighted by atomic mass is 9.91. The fourth-order valence-electron chi connectivity index (χ4n) is 2.24. The van der Waals surface area contributed by atoms with Gasteiger partial charge in [0.15, 0.2) is 5.96 Å². The van der Waals surface area contributed by atoms with Gasteiger partial charge in [0.25, 0.3) is 0 Å². The Hall–Kier alpha value is -2.33. The molecule has 2 aromatic rings. The molecule has 4 nitrogen and oxygen atoms in total. The van der Waals surface area contributed by atoms with E-state index in [-0.39, 0.29) is 11.9 Å². The van der Waals surface area contributed by atoms with Crippen LogP contribution in [0.15, 0.2) is 48.5 Å². The molecule has 0 saturated heterocycles. The molecule has 0 saturated carbocycles. The molecule has 1 unspecified atom stereocenters. The summed E-state index contributed by atoms with van der Waals surface area (Å²) in [5.41, 5.74) is 8.33. The van der Waals surface area contributed by atoms with Crippen LogP contribution in [-0.4, -0.2) is 11.9 Å². The third kappa shape index (κ3) is 4.33. The first kappa shape index (κ1) is 16.0. The Morgan fingerprint density at radius 2 is 1.77 bits per heavy atom. The first-order valence-electron chi connectivity index (χ1n) is 6.91. The lowest BCUT2D eigenvalue weighted by Crippen LogP contribution is -2.39. The van der Waals surface area contributed by atoms with Gasteiger partial charge < -0.3 is 5.73 Å². The van der Waals surface area contributed by atoms with Crippen LogP contribution in [0.2, 0.25) is 5.02 Å². The van der Waals surface area contributed by atoms with Crippen molar-refractivity contribution in [1.29, 1.82) is 5.41 Å². The zero-order chi connectivity index (χ0) is 16.1. The van der Waals surface area contributed by atoms with Crippen LogP contribution in [0.3, 0.4) is 0 Å². The summed E-state index contributed by atoms with van der Waals surface area (Å²) < 4.78 is 0. The number of nitrogens with two attached hydrogens (primary N) is 1. The van der Waals surface area contributed by atoms with Gasteiger partial charge in [-0.2, -0.15) is 0 Å². The summed E-state index contributed by atoms with van der Waals surface area (Å²) in [7, 11) is 0. The Balaban J connectivity index is 2.28. The Labute approximate surface area is 134 Å². The molecule has 114 valence electrons. The summed E-state index contributed by atoms with van der Waals surface area (Å²) in [5, 5.41) is 10.2. The molecule has 22 heavy (non-hydrogen) atoms. The highest BCUT2D eigenvalue weighted by molar-refractivity contribution is 6.30. The predicted octanol–water partition coefficient (Wildman–Crippen LogP) is 2.98. The van der Waals surface area contributed by atoms with Crippen LogP contribution in [0.5, 0.6) is 0 Å². The quantitative estimate of drug-likeness (QED) is 0.599. The van der Waals surface area contributed by atoms with Crippen molar-refractivity contribution in [2.75, 3.05) is 0 Å². The monoisotopic (exact) mass is 315 g/mol. The molecule has 0 radical (unpaired) electrons. The van der Waals surface area contributed by atoms with E-state index in [0.29, 0.717) is 11.4 Å². The Bertz CT molecular complexity index is 665. The average molecular weight is 316 g/mol. The van der Waals surface area contributed by atoms with Gasteiger partial charge in [-0.15, -0.1) is 0 Å². The normalized spacial score (nSPS) is 11.7. The number of carbonyl (C=O) groups is 1. The van der Waals surface area contributed by atoms with Crippen LogP contribution in [0.1, 0.15) is 22.6 Å². The Kier molecular flexibility index (Phi) is 5.17. The molecule has 1 amide bonds. The van der Waals surface area contributed by atoms with E-state index in [9.17, 15) is 4.79 Å². The second kappa shape index (κ2) is 7.09. The SMILES string of the molecule is Cc1ccc(CC(C(=O)NC(=N)N)c2ccc(Cl)cc2)cc1. The van der Waals surface area contributed by atoms with Gasteiger partial charge in [0.2, 0.25) is 5.91 Å². The minimum Gasteiger partial charge on any atom is -0.370 e. The third-order valence-electron chi connectivity index (χ3n) is 3.41. The summed E-state index contributed by atoms with van der Waals surface area (Å²) in [6.45, 7) is 2.02. The number of halogens is 1. The van der Waals surface area contributed by atoms with Gasteiger partial charge in [0, 0.05) is 5.02 Å². The molecule has 2 aromatic carbocycles. The number of aryl methyl sites for hydroxylation is 1. The molecule has 4 N–H and O–H groups in total. The third-order valence-corrected chi connectivity index (χ3v) is 3.66. The van der Waals surface area contributed by atoms with Gasteiger partial charge in [-0.1, -0.05) is 53.6 Å². The second-order valence-electron chi connectivity index (χ2n) is 5.20. The number of rotatable bonds is 4. The van der Waals surface area contributed by atoms with Crippen molar-refractivity contribution < 1.29 is 4.79 Å². The highest BCUT2D eigenvalue weighted by Crippen LogP contribution is 2.23. The van der Waals surface area contributed by atoms with E-state index in [1.54, 1.807) is 12.1 Å². The first-order valence-corrected chi connectivity index (χ1v) is 7.29. The van der Waals surface area contributed by atoms with E-state index >= 15 is 0 Å². The number of guanidine groups is 1. The fraction of sp³-hybridized carbons (Fsp3) is 0.176. The van der Waals surface area contributed by atoms with Gasteiger partial charge in [0.1, 0.15) is 0 Å². The van der Waals surface area contributed by atoms with Crippen molar-refractivity contribution in [2.45, 2.75) is 19.3 Å². The first-order chi connectivity index (χ1) is 10.5. The largest absolute Gasteiger partial charge is 0.370 e. The molecule has 0 bridgehead atoms. The smallest absolute Gasteiger partial charge is 0.234 e. The average Bonchev–Trinajstić information content (AvgIpc) is 2.47. The molecule has 5 heteroatoms. The van der Waals surface area contributed by atoms with Crippen molar-refractivity contribution in [3.63, 3.8) is 0 Å². The van der Waals surface area contributed by atoms with Gasteiger partial charge in [-0.05, 0) is 36.6 Å². The van der Waals surface area contributed by atoms with Crippen molar-refractivity contribution in [2.24, 2.45) is 5.73 Å². The van der Waals surface area contributed by atoms with Crippen LogP contribution in [0.25, 0.3) is 0 Å². The molecular weight excluding hydrogens is 298 g/mol. The maximum Gasteiger partial charge on any atom is 0.234 e. The Morgan fingerprint density at radius 3 is 2.32 bits per heavy atom. The molecule has 0 aliphatic heterocycles. The number of benzene rings is 2. The summed E-state index contributed by atoms with van der Waals surface area (Å²) in [6, 6.07) is 15.2. The predicted molar refractivity (Wildman–Crippen MR) is 89.1 cm³/mol. The highest BCUT2D eigenvalue weighted by Gasteiger charge is 2.21. The molecule has 0 fully saturated rings. The van der Waals surface area contributed by atoms with E-state index in [1.165, 1.54) is 5.56 Å². The van der Waals surface area contributed by atoms with E-state index in [1.807, 2.05) is 43.3 Å². The van der Waals surface area contributed by atoms with E-state index in [4.69, 9.17) is 22.7 Å². The molecular formula is C17H18ClN3O. The zero-order valence-electron chi connectivity index (χ0n) is 12.3. The van der Waals surface area contributed by atoms with E-state index < -0.39 is 5.92 Å². The van der Waals surface area contributed by atoms with Gasteiger partial charge >= 0.3 is 0 Å². The molecule has 0 heterocycles. The summed E-state index contributed by atoms with van der Waals surface area (Å²) >= 11 is 5.90. The standard InChI is InChI=1S/C17H18ClN3O/c1-11-2-4-12(5-3-11)10-15(16(22)21-17(19)20)13-6-8-14(18)9-7-13/h2-9,15H,10H2,1H3,(H4,19,20,21,22). The number of hydrogen-bond acceptors (Lipinski definition) is 2. The zero-order valence-corrected chi connectivity index (χ0v) is 13.0. The topological polar surface area (TPSA) is 79.0 Å². The van der Waals surface area contributed by atoms with Crippen LogP contribution >= 0.6 is 11.6 Å². The molecule has 0 aliphatic carbocycles. The van der Waals surface area contributed by atoms with Crippen LogP contribution in [0, 0.1) is 12.3 Å². The van der Waals surface area contributed by atoms with Crippen LogP contribution in [-0.2, 0) is 11.2 Å². The summed E-state index contributed by atoms with van der Waals surface area (Å²) in [5.74, 6) is -1.08. The van der Waals surface area contributed by atoms with Gasteiger partial charge in [0.05, 0.1) is 5.92 Å². The molecule has 0 aliphatic rings. The van der Waals surface area contributed by atoms with Crippen LogP contribution in [0.4, 0.5) is 0 Å². The van der Waals surface area contributed by atoms with Gasteiger partial charge in [-0.25, -0.2) is 0 Å². The minimum atomic E-state index is -0.427.